The zero-order valence-electron chi connectivity index (χ0n) is 3.74. The van der Waals surface area contributed by atoms with E-state index in [-0.39, 0.29) is 12.4 Å². The summed E-state index contributed by atoms with van der Waals surface area (Å²) < 4.78 is 0. The van der Waals surface area contributed by atoms with Crippen molar-refractivity contribution in [2.24, 2.45) is 5.10 Å². The Morgan fingerprint density at radius 2 is 2.43 bits per heavy atom. The fraction of sp³-hybridized carbons (Fsp3) is 0.667. The van der Waals surface area contributed by atoms with E-state index in [1.807, 2.05) is 0 Å². The largest absolute Gasteiger partial charge is 0.272 e. The van der Waals surface area contributed by atoms with Crippen molar-refractivity contribution in [1.29, 1.82) is 0 Å². The van der Waals surface area contributed by atoms with Crippen molar-refractivity contribution < 1.29 is 5.21 Å². The molecule has 0 unspecified atom stereocenters. The molecular formula is C3H7ClN2O. The second-order valence-corrected chi connectivity index (χ2v) is 1.18. The molecule has 0 radical (unpaired) electrons. The lowest BCUT2D eigenvalue weighted by atomic mass is 10.5. The number of hydrogen-bond donors (Lipinski definition) is 1. The maximum atomic E-state index is 8.36. The standard InChI is InChI=1S/C3H6N2O.ClH/c6-5-3-1-2-4-5;/h2,6H,1,3H2;1H. The second-order valence-electron chi connectivity index (χ2n) is 1.18. The van der Waals surface area contributed by atoms with Gasteiger partial charge in [0.05, 0.1) is 6.54 Å². The molecule has 1 N–H and O–H groups in total. The Kier molecular flexibility index (Phi) is 2.71. The summed E-state index contributed by atoms with van der Waals surface area (Å²) in [6.45, 7) is 0.653. The van der Waals surface area contributed by atoms with Crippen LogP contribution in [0.1, 0.15) is 6.42 Å². The van der Waals surface area contributed by atoms with Gasteiger partial charge in [0.25, 0.3) is 0 Å². The highest BCUT2D eigenvalue weighted by molar-refractivity contribution is 5.85. The first-order valence-corrected chi connectivity index (χ1v) is 1.88. The average Bonchev–Trinajstić information content (AvgIpc) is 1.86. The lowest BCUT2D eigenvalue weighted by molar-refractivity contribution is -0.0786. The summed E-state index contributed by atoms with van der Waals surface area (Å²) in [4.78, 5) is 0. The molecule has 1 rings (SSSR count). The van der Waals surface area contributed by atoms with Crippen molar-refractivity contribution >= 4 is 18.6 Å². The minimum absolute atomic E-state index is 0. The van der Waals surface area contributed by atoms with Gasteiger partial charge in [0.1, 0.15) is 0 Å². The van der Waals surface area contributed by atoms with Crippen LogP contribution in [0.5, 0.6) is 0 Å². The normalized spacial score (nSPS) is 17.0. The highest BCUT2D eigenvalue weighted by Crippen LogP contribution is 1.91. The van der Waals surface area contributed by atoms with E-state index in [4.69, 9.17) is 5.21 Å². The van der Waals surface area contributed by atoms with Crippen molar-refractivity contribution in [3.8, 4) is 0 Å². The van der Waals surface area contributed by atoms with E-state index >= 15 is 0 Å². The Labute approximate surface area is 48.0 Å². The highest BCUT2D eigenvalue weighted by Gasteiger charge is 1.96. The third kappa shape index (κ3) is 1.75. The smallest absolute Gasteiger partial charge is 0.0696 e. The van der Waals surface area contributed by atoms with Gasteiger partial charge in [-0.15, -0.1) is 12.4 Å². The predicted molar refractivity (Wildman–Crippen MR) is 28.8 cm³/mol. The van der Waals surface area contributed by atoms with E-state index in [2.05, 4.69) is 5.10 Å². The molecule has 1 aliphatic heterocycles. The van der Waals surface area contributed by atoms with Gasteiger partial charge in [-0.05, 0) is 0 Å². The van der Waals surface area contributed by atoms with E-state index in [1.54, 1.807) is 6.21 Å². The summed E-state index contributed by atoms with van der Waals surface area (Å²) in [5, 5.41) is 12.8. The Hall–Kier alpha value is -0.280. The van der Waals surface area contributed by atoms with E-state index in [0.717, 1.165) is 11.6 Å². The summed E-state index contributed by atoms with van der Waals surface area (Å²) in [7, 11) is 0. The SMILES string of the molecule is Cl.ON1CCC=N1. The molecule has 1 heterocycles. The van der Waals surface area contributed by atoms with Gasteiger partial charge in [-0.25, -0.2) is 0 Å². The average molecular weight is 123 g/mol. The van der Waals surface area contributed by atoms with Crippen LogP contribution in [-0.4, -0.2) is 23.1 Å². The quantitative estimate of drug-likeness (QED) is 0.508. The summed E-state index contributed by atoms with van der Waals surface area (Å²) in [5.41, 5.74) is 0. The molecule has 0 fully saturated rings. The molecule has 0 aromatic heterocycles. The van der Waals surface area contributed by atoms with Gasteiger partial charge < -0.3 is 0 Å². The summed E-state index contributed by atoms with van der Waals surface area (Å²) >= 11 is 0. The predicted octanol–water partition coefficient (Wildman–Crippen LogP) is 0.489. The number of hydroxylamine groups is 1. The van der Waals surface area contributed by atoms with E-state index in [0.29, 0.717) is 6.54 Å². The number of hydrogen-bond acceptors (Lipinski definition) is 3. The Morgan fingerprint density at radius 1 is 1.71 bits per heavy atom. The molecule has 0 aromatic rings. The highest BCUT2D eigenvalue weighted by atomic mass is 35.5. The fourth-order valence-electron chi connectivity index (χ4n) is 0.383. The number of rotatable bonds is 0. The molecule has 7 heavy (non-hydrogen) atoms. The lowest BCUT2D eigenvalue weighted by Crippen LogP contribution is -2.05. The molecule has 1 aliphatic rings. The summed E-state index contributed by atoms with van der Waals surface area (Å²) in [5.74, 6) is 0. The Balaban J connectivity index is 0.000000360. The fourth-order valence-corrected chi connectivity index (χ4v) is 0.383. The first-order chi connectivity index (χ1) is 2.89. The van der Waals surface area contributed by atoms with Crippen LogP contribution in [0.15, 0.2) is 5.10 Å². The van der Waals surface area contributed by atoms with Crippen LogP contribution in [0.25, 0.3) is 0 Å². The van der Waals surface area contributed by atoms with Gasteiger partial charge in [-0.2, -0.15) is 10.3 Å². The van der Waals surface area contributed by atoms with Gasteiger partial charge in [-0.1, -0.05) is 0 Å². The third-order valence-corrected chi connectivity index (χ3v) is 0.673. The van der Waals surface area contributed by atoms with Crippen molar-refractivity contribution in [3.05, 3.63) is 0 Å². The summed E-state index contributed by atoms with van der Waals surface area (Å²) in [6.07, 6.45) is 2.55. The van der Waals surface area contributed by atoms with Gasteiger partial charge in [-0.3, -0.25) is 5.21 Å². The molecule has 0 spiro atoms. The van der Waals surface area contributed by atoms with Crippen LogP contribution in [0.3, 0.4) is 0 Å². The van der Waals surface area contributed by atoms with Crippen LogP contribution in [0.4, 0.5) is 0 Å². The van der Waals surface area contributed by atoms with Crippen molar-refractivity contribution in [3.63, 3.8) is 0 Å². The zero-order chi connectivity index (χ0) is 4.41. The third-order valence-electron chi connectivity index (χ3n) is 0.673. The topological polar surface area (TPSA) is 35.8 Å². The van der Waals surface area contributed by atoms with Crippen LogP contribution in [0, 0.1) is 0 Å². The van der Waals surface area contributed by atoms with E-state index in [1.165, 1.54) is 0 Å². The number of halogens is 1. The molecule has 3 nitrogen and oxygen atoms in total. The zero-order valence-corrected chi connectivity index (χ0v) is 4.56. The molecule has 0 saturated heterocycles. The molecule has 4 heteroatoms. The van der Waals surface area contributed by atoms with Crippen molar-refractivity contribution in [1.82, 2.24) is 5.17 Å². The number of nitrogens with zero attached hydrogens (tertiary/aromatic N) is 2. The molecule has 0 aliphatic carbocycles. The van der Waals surface area contributed by atoms with Crippen molar-refractivity contribution in [2.45, 2.75) is 6.42 Å². The molecule has 0 bridgehead atoms. The van der Waals surface area contributed by atoms with Gasteiger partial charge in [0.15, 0.2) is 0 Å². The molecule has 0 amide bonds. The molecule has 0 saturated carbocycles. The van der Waals surface area contributed by atoms with Crippen molar-refractivity contribution in [2.75, 3.05) is 6.54 Å². The maximum Gasteiger partial charge on any atom is 0.0696 e. The van der Waals surface area contributed by atoms with Crippen LogP contribution in [-0.2, 0) is 0 Å². The van der Waals surface area contributed by atoms with Crippen LogP contribution >= 0.6 is 12.4 Å². The number of hydrazone groups is 1. The molecular weight excluding hydrogens is 115 g/mol. The summed E-state index contributed by atoms with van der Waals surface area (Å²) in [6, 6.07) is 0. The lowest BCUT2D eigenvalue weighted by Gasteiger charge is -1.97. The first-order valence-electron chi connectivity index (χ1n) is 1.88. The van der Waals surface area contributed by atoms with E-state index < -0.39 is 0 Å². The molecule has 0 atom stereocenters. The molecule has 42 valence electrons. The van der Waals surface area contributed by atoms with Crippen LogP contribution in [0.2, 0.25) is 0 Å². The minimum atomic E-state index is 0. The Morgan fingerprint density at radius 3 is 2.57 bits per heavy atom. The molecule has 0 aromatic carbocycles. The maximum absolute atomic E-state index is 8.36. The van der Waals surface area contributed by atoms with Crippen LogP contribution < -0.4 is 0 Å². The Bertz CT molecular complexity index is 75.3. The van der Waals surface area contributed by atoms with Gasteiger partial charge >= 0.3 is 0 Å². The van der Waals surface area contributed by atoms with Gasteiger partial charge in [0, 0.05) is 12.6 Å². The minimum Gasteiger partial charge on any atom is -0.272 e. The second kappa shape index (κ2) is 2.82. The van der Waals surface area contributed by atoms with Gasteiger partial charge in [0.2, 0.25) is 0 Å². The van der Waals surface area contributed by atoms with E-state index in [9.17, 15) is 0 Å². The first kappa shape index (κ1) is 6.72. The monoisotopic (exact) mass is 122 g/mol.